The topological polar surface area (TPSA) is 64.0 Å². The number of nitrogens with zero attached hydrogens (tertiary/aromatic N) is 2. The van der Waals surface area contributed by atoms with Crippen molar-refractivity contribution in [3.05, 3.63) is 99.0 Å². The molecule has 2 bridgehead atoms. The highest BCUT2D eigenvalue weighted by Crippen LogP contribution is 2.55. The van der Waals surface area contributed by atoms with Gasteiger partial charge in [0.15, 0.2) is 0 Å². The number of aromatic nitrogens is 2. The molecule has 158 valence electrons. The van der Waals surface area contributed by atoms with Crippen LogP contribution in [0.1, 0.15) is 70.8 Å². The first-order valence-electron chi connectivity index (χ1n) is 11.2. The molecule has 1 amide bonds. The second-order valence-corrected chi connectivity index (χ2v) is 8.63. The van der Waals surface area contributed by atoms with E-state index in [2.05, 4.69) is 65.9 Å². The van der Waals surface area contributed by atoms with Crippen LogP contribution in [0.2, 0.25) is 0 Å². The molecule has 3 aliphatic rings. The maximum absolute atomic E-state index is 12.8. The van der Waals surface area contributed by atoms with Gasteiger partial charge in [-0.1, -0.05) is 61.9 Å². The normalized spacial score (nSPS) is 20.7. The summed E-state index contributed by atoms with van der Waals surface area (Å²) in [5.74, 6) is 0.801. The van der Waals surface area contributed by atoms with Crippen molar-refractivity contribution in [2.45, 2.75) is 44.6 Å². The number of hydrogen-bond donors (Lipinski definition) is 1. The molecule has 5 heteroatoms. The number of amides is 1. The highest BCUT2D eigenvalue weighted by molar-refractivity contribution is 5.92. The minimum absolute atomic E-state index is 0.164. The molecule has 1 N–H and O–H groups in total. The van der Waals surface area contributed by atoms with Gasteiger partial charge in [-0.2, -0.15) is 5.10 Å². The van der Waals surface area contributed by atoms with E-state index >= 15 is 0 Å². The molecule has 3 aromatic rings. The number of aryl methyl sites for hydroxylation is 1. The van der Waals surface area contributed by atoms with E-state index in [1.807, 2.05) is 0 Å². The first-order chi connectivity index (χ1) is 15.2. The maximum Gasteiger partial charge on any atom is 0.271 e. The Kier molecular flexibility index (Phi) is 5.18. The Morgan fingerprint density at radius 1 is 1.00 bits per heavy atom. The van der Waals surface area contributed by atoms with E-state index < -0.39 is 0 Å². The predicted octanol–water partition coefficient (Wildman–Crippen LogP) is 4.07. The number of fused-ring (bicyclic) bond motifs is 1. The van der Waals surface area contributed by atoms with Gasteiger partial charge in [-0.3, -0.25) is 9.59 Å². The van der Waals surface area contributed by atoms with Gasteiger partial charge in [0.25, 0.3) is 11.5 Å². The number of carbonyl (C=O) groups is 1. The van der Waals surface area contributed by atoms with Crippen molar-refractivity contribution >= 4 is 5.91 Å². The molecule has 5 nitrogen and oxygen atoms in total. The molecule has 31 heavy (non-hydrogen) atoms. The smallest absolute Gasteiger partial charge is 0.271 e. The highest BCUT2D eigenvalue weighted by Gasteiger charge is 2.42. The third kappa shape index (κ3) is 3.48. The van der Waals surface area contributed by atoms with E-state index in [0.717, 1.165) is 19.3 Å². The zero-order valence-electron chi connectivity index (χ0n) is 17.8. The van der Waals surface area contributed by atoms with Crippen LogP contribution in [0.3, 0.4) is 0 Å². The standard InChI is InChI=1S/C26H27N3O2/c1-2-3-14-29-24(30)13-12-23(28-29)26(31)27-16-17-15-22-18-8-4-6-10-20(18)25(17)21-11-7-5-9-19(21)22/h4-13,17,22,25H,2-3,14-16H2,1H3,(H,27,31)/t17-,22?,25?/m0/s1. The minimum atomic E-state index is -0.215. The Morgan fingerprint density at radius 3 is 2.29 bits per heavy atom. The second-order valence-electron chi connectivity index (χ2n) is 8.63. The summed E-state index contributed by atoms with van der Waals surface area (Å²) < 4.78 is 1.40. The minimum Gasteiger partial charge on any atom is -0.350 e. The summed E-state index contributed by atoms with van der Waals surface area (Å²) in [4.78, 5) is 24.8. The third-order valence-corrected chi connectivity index (χ3v) is 6.77. The lowest BCUT2D eigenvalue weighted by Crippen LogP contribution is -2.40. The molecule has 6 rings (SSSR count). The monoisotopic (exact) mass is 413 g/mol. The number of unbranched alkanes of at least 4 members (excludes halogenated alkanes) is 1. The Morgan fingerprint density at radius 2 is 1.65 bits per heavy atom. The fraction of sp³-hybridized carbons (Fsp3) is 0.346. The lowest BCUT2D eigenvalue weighted by Gasteiger charge is -2.45. The van der Waals surface area contributed by atoms with Crippen LogP contribution in [0.15, 0.2) is 65.5 Å². The number of rotatable bonds is 6. The molecule has 3 aliphatic carbocycles. The van der Waals surface area contributed by atoms with Gasteiger partial charge >= 0.3 is 0 Å². The van der Waals surface area contributed by atoms with Gasteiger partial charge in [-0.15, -0.1) is 0 Å². The zero-order chi connectivity index (χ0) is 21.4. The Hall–Kier alpha value is -3.21. The van der Waals surface area contributed by atoms with Gasteiger partial charge in [0, 0.05) is 31.0 Å². The molecule has 0 spiro atoms. The fourth-order valence-electron chi connectivity index (χ4n) is 5.31. The Bertz CT molecular complexity index is 1140. The average molecular weight is 414 g/mol. The van der Waals surface area contributed by atoms with E-state index in [-0.39, 0.29) is 11.5 Å². The van der Waals surface area contributed by atoms with E-state index in [9.17, 15) is 9.59 Å². The van der Waals surface area contributed by atoms with Crippen molar-refractivity contribution in [2.24, 2.45) is 5.92 Å². The van der Waals surface area contributed by atoms with E-state index in [0.29, 0.717) is 36.5 Å². The molecule has 0 unspecified atom stereocenters. The molecule has 0 saturated heterocycles. The predicted molar refractivity (Wildman–Crippen MR) is 120 cm³/mol. The lowest BCUT2D eigenvalue weighted by atomic mass is 9.59. The van der Waals surface area contributed by atoms with Crippen LogP contribution in [-0.2, 0) is 6.54 Å². The van der Waals surface area contributed by atoms with Crippen molar-refractivity contribution in [3.8, 4) is 0 Å². The van der Waals surface area contributed by atoms with E-state index in [1.54, 1.807) is 0 Å². The van der Waals surface area contributed by atoms with Crippen LogP contribution in [-0.4, -0.2) is 22.2 Å². The van der Waals surface area contributed by atoms with Gasteiger partial charge in [-0.05, 0) is 47.1 Å². The van der Waals surface area contributed by atoms with Crippen LogP contribution >= 0.6 is 0 Å². The summed E-state index contributed by atoms with van der Waals surface area (Å²) in [6, 6.07) is 20.4. The second kappa shape index (κ2) is 8.14. The average Bonchev–Trinajstić information content (AvgIpc) is 2.82. The fourth-order valence-corrected chi connectivity index (χ4v) is 5.31. The maximum atomic E-state index is 12.8. The largest absolute Gasteiger partial charge is 0.350 e. The lowest BCUT2D eigenvalue weighted by molar-refractivity contribution is 0.0935. The number of benzene rings is 2. The molecule has 0 radical (unpaired) electrons. The van der Waals surface area contributed by atoms with Crippen LogP contribution in [0, 0.1) is 5.92 Å². The van der Waals surface area contributed by atoms with Gasteiger partial charge in [-0.25, -0.2) is 4.68 Å². The van der Waals surface area contributed by atoms with E-state index in [4.69, 9.17) is 0 Å². The number of carbonyl (C=O) groups excluding carboxylic acids is 1. The molecule has 0 aliphatic heterocycles. The van der Waals surface area contributed by atoms with Crippen molar-refractivity contribution in [3.63, 3.8) is 0 Å². The molecule has 1 atom stereocenters. The van der Waals surface area contributed by atoms with Crippen LogP contribution in [0.5, 0.6) is 0 Å². The molecule has 2 aromatic carbocycles. The SMILES string of the molecule is CCCCn1nc(C(=O)NC[C@@H]2CC3c4ccccc4C2c2ccccc23)ccc1=O. The molecule has 0 saturated carbocycles. The molecule has 1 heterocycles. The van der Waals surface area contributed by atoms with Crippen molar-refractivity contribution in [1.82, 2.24) is 15.1 Å². The summed E-state index contributed by atoms with van der Waals surface area (Å²) in [6.07, 6.45) is 2.86. The van der Waals surface area contributed by atoms with Gasteiger partial charge in [0.2, 0.25) is 0 Å². The quantitative estimate of drug-likeness (QED) is 0.663. The van der Waals surface area contributed by atoms with Crippen molar-refractivity contribution < 1.29 is 4.79 Å². The molecule has 1 aromatic heterocycles. The van der Waals surface area contributed by atoms with Crippen molar-refractivity contribution in [2.75, 3.05) is 6.54 Å². The number of nitrogens with one attached hydrogen (secondary N) is 1. The summed E-state index contributed by atoms with van der Waals surface area (Å²) >= 11 is 0. The Balaban J connectivity index is 1.36. The van der Waals surface area contributed by atoms with E-state index in [1.165, 1.54) is 39.1 Å². The van der Waals surface area contributed by atoms with Gasteiger partial charge < -0.3 is 5.32 Å². The summed E-state index contributed by atoms with van der Waals surface area (Å²) in [5.41, 5.74) is 5.78. The summed E-state index contributed by atoms with van der Waals surface area (Å²) in [6.45, 7) is 3.20. The summed E-state index contributed by atoms with van der Waals surface area (Å²) in [5, 5.41) is 7.39. The zero-order valence-corrected chi connectivity index (χ0v) is 17.8. The number of hydrogen-bond acceptors (Lipinski definition) is 3. The first kappa shape index (κ1) is 19.7. The van der Waals surface area contributed by atoms with Gasteiger partial charge in [0.05, 0.1) is 0 Å². The third-order valence-electron chi connectivity index (χ3n) is 6.77. The molecule has 0 fully saturated rings. The Labute approximate surface area is 182 Å². The summed E-state index contributed by atoms with van der Waals surface area (Å²) in [7, 11) is 0. The van der Waals surface area contributed by atoms with Crippen molar-refractivity contribution in [1.29, 1.82) is 0 Å². The molecular weight excluding hydrogens is 386 g/mol. The highest BCUT2D eigenvalue weighted by atomic mass is 16.2. The van der Waals surface area contributed by atoms with Crippen LogP contribution in [0.4, 0.5) is 0 Å². The van der Waals surface area contributed by atoms with Crippen LogP contribution in [0.25, 0.3) is 0 Å². The van der Waals surface area contributed by atoms with Gasteiger partial charge in [0.1, 0.15) is 5.69 Å². The van der Waals surface area contributed by atoms with Crippen LogP contribution < -0.4 is 10.9 Å². The first-order valence-corrected chi connectivity index (χ1v) is 11.2. The molecular formula is C26H27N3O2.